The van der Waals surface area contributed by atoms with Crippen LogP contribution < -0.4 is 10.1 Å². The Kier molecular flexibility index (Phi) is 5.80. The molecule has 2 aromatic rings. The number of carbonyl (C=O) groups is 1. The van der Waals surface area contributed by atoms with Gasteiger partial charge in [0.15, 0.2) is 5.60 Å². The highest BCUT2D eigenvalue weighted by Crippen LogP contribution is 2.26. The number of hydrogen-bond acceptors (Lipinski definition) is 4. The third kappa shape index (κ3) is 4.66. The number of benzene rings is 1. The lowest BCUT2D eigenvalue weighted by atomic mass is 9.94. The highest BCUT2D eigenvalue weighted by molar-refractivity contribution is 5.85. The van der Waals surface area contributed by atoms with E-state index in [1.165, 1.54) is 5.56 Å². The van der Waals surface area contributed by atoms with Gasteiger partial charge in [0.25, 0.3) is 5.91 Å². The maximum atomic E-state index is 12.9. The zero-order chi connectivity index (χ0) is 19.4. The lowest BCUT2D eigenvalue weighted by molar-refractivity contribution is -0.135. The maximum absolute atomic E-state index is 12.9. The molecule has 2 heterocycles. The van der Waals surface area contributed by atoms with E-state index in [0.717, 1.165) is 23.3 Å². The standard InChI is InChI=1S/C22H28N2O3/c1-15-6-5-7-20(16(15)2)27-22(3,4)21(25)24-19-14-26-13-18(19)12-17-8-10-23-11-9-17/h5-11,18-19H,12-14H2,1-4H3,(H,24,25)/t18-,19+/m1/s1. The van der Waals surface area contributed by atoms with Crippen molar-refractivity contribution < 1.29 is 14.3 Å². The number of aryl methyl sites for hydroxylation is 1. The molecule has 1 saturated heterocycles. The van der Waals surface area contributed by atoms with Gasteiger partial charge in [0.2, 0.25) is 0 Å². The molecule has 1 N–H and O–H groups in total. The maximum Gasteiger partial charge on any atom is 0.263 e. The van der Waals surface area contributed by atoms with Crippen molar-refractivity contribution in [2.75, 3.05) is 13.2 Å². The van der Waals surface area contributed by atoms with E-state index in [9.17, 15) is 4.79 Å². The summed E-state index contributed by atoms with van der Waals surface area (Å²) in [7, 11) is 0. The molecule has 144 valence electrons. The first-order chi connectivity index (χ1) is 12.9. The molecule has 0 aliphatic carbocycles. The molecule has 3 rings (SSSR count). The van der Waals surface area contributed by atoms with Crippen LogP contribution in [0.1, 0.15) is 30.5 Å². The number of aromatic nitrogens is 1. The Bertz CT molecular complexity index is 789. The molecule has 1 aromatic carbocycles. The Labute approximate surface area is 161 Å². The topological polar surface area (TPSA) is 60.5 Å². The summed E-state index contributed by atoms with van der Waals surface area (Å²) >= 11 is 0. The van der Waals surface area contributed by atoms with Crippen molar-refractivity contribution in [1.82, 2.24) is 10.3 Å². The van der Waals surface area contributed by atoms with E-state index in [-0.39, 0.29) is 17.9 Å². The van der Waals surface area contributed by atoms with Crippen LogP contribution in [0.15, 0.2) is 42.7 Å². The van der Waals surface area contributed by atoms with Crippen LogP contribution in [0, 0.1) is 19.8 Å². The third-order valence-electron chi connectivity index (χ3n) is 5.23. The molecular formula is C22H28N2O3. The summed E-state index contributed by atoms with van der Waals surface area (Å²) in [5, 5.41) is 3.14. The van der Waals surface area contributed by atoms with Gasteiger partial charge in [-0.15, -0.1) is 0 Å². The van der Waals surface area contributed by atoms with E-state index in [4.69, 9.17) is 9.47 Å². The van der Waals surface area contributed by atoms with E-state index in [1.54, 1.807) is 26.2 Å². The van der Waals surface area contributed by atoms with Gasteiger partial charge in [0.1, 0.15) is 5.75 Å². The van der Waals surface area contributed by atoms with Crippen molar-refractivity contribution in [2.24, 2.45) is 5.92 Å². The summed E-state index contributed by atoms with van der Waals surface area (Å²) in [5.74, 6) is 0.859. The highest BCUT2D eigenvalue weighted by atomic mass is 16.5. The van der Waals surface area contributed by atoms with Gasteiger partial charge in [0.05, 0.1) is 19.3 Å². The summed E-state index contributed by atoms with van der Waals surface area (Å²) in [6.07, 6.45) is 4.44. The fourth-order valence-corrected chi connectivity index (χ4v) is 3.28. The lowest BCUT2D eigenvalue weighted by Crippen LogP contribution is -2.52. The number of pyridine rings is 1. The van der Waals surface area contributed by atoms with Crippen molar-refractivity contribution in [2.45, 2.75) is 45.8 Å². The molecule has 1 aliphatic rings. The van der Waals surface area contributed by atoms with E-state index < -0.39 is 5.60 Å². The SMILES string of the molecule is Cc1cccc(OC(C)(C)C(=O)N[C@H]2COC[C@H]2Cc2ccncc2)c1C. The van der Waals surface area contributed by atoms with E-state index >= 15 is 0 Å². The molecule has 0 bridgehead atoms. The molecule has 27 heavy (non-hydrogen) atoms. The molecule has 5 heteroatoms. The largest absolute Gasteiger partial charge is 0.478 e. The number of carbonyl (C=O) groups excluding carboxylic acids is 1. The van der Waals surface area contributed by atoms with Gasteiger partial charge < -0.3 is 14.8 Å². The summed E-state index contributed by atoms with van der Waals surface area (Å²) in [6, 6.07) is 9.88. The first-order valence-corrected chi connectivity index (χ1v) is 9.39. The molecule has 0 radical (unpaired) electrons. The van der Waals surface area contributed by atoms with Gasteiger partial charge in [-0.1, -0.05) is 12.1 Å². The van der Waals surface area contributed by atoms with Crippen molar-refractivity contribution in [3.8, 4) is 5.75 Å². The Morgan fingerprint density at radius 3 is 2.70 bits per heavy atom. The van der Waals surface area contributed by atoms with Crippen molar-refractivity contribution >= 4 is 5.91 Å². The molecule has 1 aliphatic heterocycles. The molecule has 1 aromatic heterocycles. The van der Waals surface area contributed by atoms with Crippen LogP contribution in [0.25, 0.3) is 0 Å². The first kappa shape index (κ1) is 19.4. The highest BCUT2D eigenvalue weighted by Gasteiger charge is 2.36. The Morgan fingerprint density at radius 2 is 1.96 bits per heavy atom. The number of nitrogens with one attached hydrogen (secondary N) is 1. The third-order valence-corrected chi connectivity index (χ3v) is 5.23. The zero-order valence-corrected chi connectivity index (χ0v) is 16.5. The molecule has 0 spiro atoms. The minimum absolute atomic E-state index is 0.0212. The van der Waals surface area contributed by atoms with E-state index in [0.29, 0.717) is 13.2 Å². The van der Waals surface area contributed by atoms with Gasteiger partial charge in [-0.2, -0.15) is 0 Å². The lowest BCUT2D eigenvalue weighted by Gasteiger charge is -2.29. The molecule has 0 saturated carbocycles. The van der Waals surface area contributed by atoms with Crippen LogP contribution in [0.4, 0.5) is 0 Å². The second-order valence-electron chi connectivity index (χ2n) is 7.75. The number of ether oxygens (including phenoxy) is 2. The number of hydrogen-bond donors (Lipinski definition) is 1. The summed E-state index contributed by atoms with van der Waals surface area (Å²) in [5.41, 5.74) is 2.43. The van der Waals surface area contributed by atoms with Gasteiger partial charge in [0, 0.05) is 18.3 Å². The summed E-state index contributed by atoms with van der Waals surface area (Å²) < 4.78 is 11.7. The smallest absolute Gasteiger partial charge is 0.263 e. The van der Waals surface area contributed by atoms with Gasteiger partial charge in [-0.05, 0) is 69.0 Å². The van der Waals surface area contributed by atoms with Gasteiger partial charge in [-0.3, -0.25) is 9.78 Å². The molecule has 1 amide bonds. The number of nitrogens with zero attached hydrogens (tertiary/aromatic N) is 1. The van der Waals surface area contributed by atoms with Crippen molar-refractivity contribution in [3.63, 3.8) is 0 Å². The van der Waals surface area contributed by atoms with Crippen LogP contribution >= 0.6 is 0 Å². The van der Waals surface area contributed by atoms with Crippen molar-refractivity contribution in [1.29, 1.82) is 0 Å². The number of amides is 1. The second kappa shape index (κ2) is 8.09. The van der Waals surface area contributed by atoms with Gasteiger partial charge in [-0.25, -0.2) is 0 Å². The predicted octanol–water partition coefficient (Wildman–Crippen LogP) is 3.23. The molecular weight excluding hydrogens is 340 g/mol. The summed E-state index contributed by atoms with van der Waals surface area (Å²) in [6.45, 7) is 8.82. The minimum atomic E-state index is -0.970. The summed E-state index contributed by atoms with van der Waals surface area (Å²) in [4.78, 5) is 17.0. The van der Waals surface area contributed by atoms with Crippen LogP contribution in [-0.4, -0.2) is 35.7 Å². The fourth-order valence-electron chi connectivity index (χ4n) is 3.28. The normalized spacial score (nSPS) is 19.7. The number of rotatable bonds is 6. The average Bonchev–Trinajstić information content (AvgIpc) is 3.06. The Hall–Kier alpha value is -2.40. The monoisotopic (exact) mass is 368 g/mol. The average molecular weight is 368 g/mol. The van der Waals surface area contributed by atoms with E-state index in [2.05, 4.69) is 10.3 Å². The Morgan fingerprint density at radius 1 is 1.22 bits per heavy atom. The molecule has 2 atom stereocenters. The van der Waals surface area contributed by atoms with Gasteiger partial charge >= 0.3 is 0 Å². The minimum Gasteiger partial charge on any atom is -0.478 e. The quantitative estimate of drug-likeness (QED) is 0.850. The van der Waals surface area contributed by atoms with E-state index in [1.807, 2.05) is 44.2 Å². The van der Waals surface area contributed by atoms with Crippen LogP contribution in [0.5, 0.6) is 5.75 Å². The van der Waals surface area contributed by atoms with Crippen LogP contribution in [-0.2, 0) is 16.0 Å². The van der Waals surface area contributed by atoms with Crippen LogP contribution in [0.3, 0.4) is 0 Å². The second-order valence-corrected chi connectivity index (χ2v) is 7.75. The molecule has 1 fully saturated rings. The van der Waals surface area contributed by atoms with Crippen molar-refractivity contribution in [3.05, 3.63) is 59.4 Å². The Balaban J connectivity index is 1.65. The first-order valence-electron chi connectivity index (χ1n) is 9.39. The van der Waals surface area contributed by atoms with Crippen LogP contribution in [0.2, 0.25) is 0 Å². The zero-order valence-electron chi connectivity index (χ0n) is 16.5. The molecule has 5 nitrogen and oxygen atoms in total. The fraction of sp³-hybridized carbons (Fsp3) is 0.455. The molecule has 0 unspecified atom stereocenters. The predicted molar refractivity (Wildman–Crippen MR) is 105 cm³/mol.